The Morgan fingerprint density at radius 2 is 1.71 bits per heavy atom. The van der Waals surface area contributed by atoms with Crippen LogP contribution in [0, 0.1) is 0 Å². The molecule has 0 aliphatic carbocycles. The number of anilines is 1. The largest absolute Gasteiger partial charge is 0.367 e. The number of aromatic nitrogens is 1. The fourth-order valence-electron chi connectivity index (χ4n) is 2.35. The van der Waals surface area contributed by atoms with Gasteiger partial charge in [0.25, 0.3) is 0 Å². The molecule has 0 aliphatic heterocycles. The second kappa shape index (κ2) is 7.04. The molecule has 0 N–H and O–H groups in total. The van der Waals surface area contributed by atoms with Crippen LogP contribution < -0.4 is 4.90 Å². The van der Waals surface area contributed by atoms with E-state index in [-0.39, 0.29) is 0 Å². The zero-order chi connectivity index (χ0) is 14.3. The molecule has 3 heteroatoms. The molecule has 106 valence electrons. The van der Waals surface area contributed by atoms with E-state index in [9.17, 15) is 0 Å². The van der Waals surface area contributed by atoms with Crippen molar-refractivity contribution in [1.29, 1.82) is 0 Å². The van der Waals surface area contributed by atoms with Crippen molar-refractivity contribution >= 4 is 17.0 Å². The van der Waals surface area contributed by atoms with Crippen LogP contribution in [0.15, 0.2) is 71.7 Å². The number of nitrogens with zero attached hydrogens (tertiary/aromatic N) is 2. The van der Waals surface area contributed by atoms with E-state index in [0.717, 1.165) is 19.5 Å². The van der Waals surface area contributed by atoms with Crippen LogP contribution >= 0.6 is 11.3 Å². The maximum absolute atomic E-state index is 4.08. The molecule has 0 aliphatic rings. The minimum Gasteiger partial charge on any atom is -0.367 e. The SMILES string of the molecule is c1ccc(N(CCc2ccncc2)Cc2ccsc2)cc1. The molecular formula is C18H18N2S. The predicted molar refractivity (Wildman–Crippen MR) is 89.8 cm³/mol. The second-order valence-electron chi connectivity index (χ2n) is 4.99. The zero-order valence-corrected chi connectivity index (χ0v) is 12.7. The first-order chi connectivity index (χ1) is 10.4. The summed E-state index contributed by atoms with van der Waals surface area (Å²) in [5.74, 6) is 0. The molecule has 3 aromatic rings. The van der Waals surface area contributed by atoms with Gasteiger partial charge in [-0.2, -0.15) is 11.3 Å². The van der Waals surface area contributed by atoms with Gasteiger partial charge in [0.2, 0.25) is 0 Å². The van der Waals surface area contributed by atoms with E-state index in [2.05, 4.69) is 69.2 Å². The fraction of sp³-hybridized carbons (Fsp3) is 0.167. The topological polar surface area (TPSA) is 16.1 Å². The Morgan fingerprint density at radius 3 is 2.43 bits per heavy atom. The van der Waals surface area contributed by atoms with Crippen molar-refractivity contribution in [3.05, 3.63) is 82.8 Å². The van der Waals surface area contributed by atoms with Crippen LogP contribution in [0.2, 0.25) is 0 Å². The van der Waals surface area contributed by atoms with Crippen LogP contribution in [0.5, 0.6) is 0 Å². The number of benzene rings is 1. The lowest BCUT2D eigenvalue weighted by atomic mass is 10.1. The third-order valence-electron chi connectivity index (χ3n) is 3.49. The second-order valence-corrected chi connectivity index (χ2v) is 5.77. The van der Waals surface area contributed by atoms with E-state index in [0.29, 0.717) is 0 Å². The van der Waals surface area contributed by atoms with E-state index in [1.807, 2.05) is 12.4 Å². The molecule has 0 radical (unpaired) electrons. The molecule has 2 nitrogen and oxygen atoms in total. The summed E-state index contributed by atoms with van der Waals surface area (Å²) in [7, 11) is 0. The smallest absolute Gasteiger partial charge is 0.0437 e. The lowest BCUT2D eigenvalue weighted by Crippen LogP contribution is -2.25. The van der Waals surface area contributed by atoms with Gasteiger partial charge < -0.3 is 4.90 Å². The Balaban J connectivity index is 1.73. The van der Waals surface area contributed by atoms with Crippen LogP contribution in [0.1, 0.15) is 11.1 Å². The first-order valence-electron chi connectivity index (χ1n) is 7.12. The summed E-state index contributed by atoms with van der Waals surface area (Å²) >= 11 is 1.76. The third-order valence-corrected chi connectivity index (χ3v) is 4.23. The molecular weight excluding hydrogens is 276 g/mol. The van der Waals surface area contributed by atoms with Crippen molar-refractivity contribution in [2.45, 2.75) is 13.0 Å². The van der Waals surface area contributed by atoms with Crippen LogP contribution in [-0.4, -0.2) is 11.5 Å². The summed E-state index contributed by atoms with van der Waals surface area (Å²) in [4.78, 5) is 6.51. The van der Waals surface area contributed by atoms with Gasteiger partial charge in [-0.15, -0.1) is 0 Å². The molecule has 0 saturated carbocycles. The predicted octanol–water partition coefficient (Wildman–Crippen LogP) is 4.39. The van der Waals surface area contributed by atoms with Gasteiger partial charge in [-0.3, -0.25) is 4.98 Å². The average molecular weight is 294 g/mol. The highest BCUT2D eigenvalue weighted by molar-refractivity contribution is 7.07. The molecule has 21 heavy (non-hydrogen) atoms. The fourth-order valence-corrected chi connectivity index (χ4v) is 3.01. The molecule has 3 rings (SSSR count). The Hall–Kier alpha value is -2.13. The van der Waals surface area contributed by atoms with Crippen molar-refractivity contribution in [3.63, 3.8) is 0 Å². The molecule has 0 atom stereocenters. The van der Waals surface area contributed by atoms with Crippen LogP contribution in [0.4, 0.5) is 5.69 Å². The molecule has 2 heterocycles. The number of pyridine rings is 1. The van der Waals surface area contributed by atoms with E-state index >= 15 is 0 Å². The maximum atomic E-state index is 4.08. The van der Waals surface area contributed by atoms with Gasteiger partial charge in [0.15, 0.2) is 0 Å². The molecule has 2 aromatic heterocycles. The molecule has 0 amide bonds. The van der Waals surface area contributed by atoms with Gasteiger partial charge in [-0.05, 0) is 58.6 Å². The number of hydrogen-bond acceptors (Lipinski definition) is 3. The summed E-state index contributed by atoms with van der Waals surface area (Å²) in [6, 6.07) is 17.0. The Bertz CT molecular complexity index is 636. The highest BCUT2D eigenvalue weighted by Gasteiger charge is 2.07. The van der Waals surface area contributed by atoms with Gasteiger partial charge in [0, 0.05) is 31.2 Å². The molecule has 0 saturated heterocycles. The highest BCUT2D eigenvalue weighted by Crippen LogP contribution is 2.18. The van der Waals surface area contributed by atoms with Gasteiger partial charge in [-0.1, -0.05) is 18.2 Å². The monoisotopic (exact) mass is 294 g/mol. The number of para-hydroxylation sites is 1. The van der Waals surface area contributed by atoms with E-state index < -0.39 is 0 Å². The Morgan fingerprint density at radius 1 is 0.905 bits per heavy atom. The first-order valence-corrected chi connectivity index (χ1v) is 8.06. The Labute approximate surface area is 129 Å². The van der Waals surface area contributed by atoms with Gasteiger partial charge in [0.05, 0.1) is 0 Å². The normalized spacial score (nSPS) is 10.5. The lowest BCUT2D eigenvalue weighted by Gasteiger charge is -2.24. The van der Waals surface area contributed by atoms with Crippen LogP contribution in [0.3, 0.4) is 0 Å². The highest BCUT2D eigenvalue weighted by atomic mass is 32.1. The molecule has 1 aromatic carbocycles. The minimum absolute atomic E-state index is 0.957. The summed E-state index contributed by atoms with van der Waals surface area (Å²) < 4.78 is 0. The number of hydrogen-bond donors (Lipinski definition) is 0. The maximum Gasteiger partial charge on any atom is 0.0437 e. The van der Waals surface area contributed by atoms with Crippen molar-refractivity contribution in [1.82, 2.24) is 4.98 Å². The number of rotatable bonds is 6. The summed E-state index contributed by atoms with van der Waals surface area (Å²) in [5.41, 5.74) is 3.98. The third kappa shape index (κ3) is 3.92. The van der Waals surface area contributed by atoms with E-state index in [1.54, 1.807) is 11.3 Å². The van der Waals surface area contributed by atoms with Gasteiger partial charge >= 0.3 is 0 Å². The van der Waals surface area contributed by atoms with E-state index in [4.69, 9.17) is 0 Å². The quantitative estimate of drug-likeness (QED) is 0.670. The first kappa shape index (κ1) is 13.8. The summed E-state index contributed by atoms with van der Waals surface area (Å²) in [5, 5.41) is 4.36. The van der Waals surface area contributed by atoms with Crippen molar-refractivity contribution in [3.8, 4) is 0 Å². The summed E-state index contributed by atoms with van der Waals surface area (Å²) in [6.07, 6.45) is 4.75. The molecule has 0 unspecified atom stereocenters. The van der Waals surface area contributed by atoms with Crippen molar-refractivity contribution in [2.24, 2.45) is 0 Å². The molecule has 0 bridgehead atoms. The van der Waals surface area contributed by atoms with Crippen molar-refractivity contribution < 1.29 is 0 Å². The Kier molecular flexibility index (Phi) is 4.64. The van der Waals surface area contributed by atoms with Crippen molar-refractivity contribution in [2.75, 3.05) is 11.4 Å². The average Bonchev–Trinajstić information content (AvgIpc) is 3.06. The lowest BCUT2D eigenvalue weighted by molar-refractivity contribution is 0.783. The van der Waals surface area contributed by atoms with Gasteiger partial charge in [0.1, 0.15) is 0 Å². The van der Waals surface area contributed by atoms with E-state index in [1.165, 1.54) is 16.8 Å². The van der Waals surface area contributed by atoms with Gasteiger partial charge in [-0.25, -0.2) is 0 Å². The van der Waals surface area contributed by atoms with Crippen LogP contribution in [0.25, 0.3) is 0 Å². The standard InChI is InChI=1S/C18H18N2S/c1-2-4-18(5-3-1)20(14-17-9-13-21-15-17)12-8-16-6-10-19-11-7-16/h1-7,9-11,13,15H,8,12,14H2. The minimum atomic E-state index is 0.957. The molecule has 0 fully saturated rings. The van der Waals surface area contributed by atoms with Crippen LogP contribution in [-0.2, 0) is 13.0 Å². The number of thiophene rings is 1. The summed E-state index contributed by atoms with van der Waals surface area (Å²) in [6.45, 7) is 1.96. The zero-order valence-electron chi connectivity index (χ0n) is 11.9. The molecule has 0 spiro atoms.